The molecule has 0 atom stereocenters. The first-order valence-electron chi connectivity index (χ1n) is 18.1. The molecular weight excluding hydrogens is 629 g/mol. The van der Waals surface area contributed by atoms with Crippen LogP contribution in [0, 0.1) is 0 Å². The lowest BCUT2D eigenvalue weighted by Crippen LogP contribution is -2.26. The summed E-state index contributed by atoms with van der Waals surface area (Å²) in [7, 11) is 0. The van der Waals surface area contributed by atoms with Gasteiger partial charge >= 0.3 is 0 Å². The summed E-state index contributed by atoms with van der Waals surface area (Å²) in [6.45, 7) is 0. The van der Waals surface area contributed by atoms with E-state index in [1.807, 2.05) is 0 Å². The van der Waals surface area contributed by atoms with Gasteiger partial charge in [0.05, 0.1) is 5.41 Å². The molecule has 0 amide bonds. The lowest BCUT2D eigenvalue weighted by atomic mass is 9.69. The summed E-state index contributed by atoms with van der Waals surface area (Å²) in [5.74, 6) is 0. The van der Waals surface area contributed by atoms with E-state index in [-0.39, 0.29) is 0 Å². The number of rotatable bonds is 2. The van der Waals surface area contributed by atoms with Gasteiger partial charge in [-0.2, -0.15) is 0 Å². The van der Waals surface area contributed by atoms with Gasteiger partial charge in [0.15, 0.2) is 0 Å². The first-order chi connectivity index (χ1) is 25.8. The molecule has 240 valence electrons. The van der Waals surface area contributed by atoms with Crippen LogP contribution in [0.2, 0.25) is 0 Å². The van der Waals surface area contributed by atoms with Crippen LogP contribution in [-0.4, -0.2) is 0 Å². The lowest BCUT2D eigenvalue weighted by molar-refractivity contribution is 0.673. The van der Waals surface area contributed by atoms with Crippen molar-refractivity contribution in [3.8, 4) is 44.5 Å². The Hall–Kier alpha value is -6.70. The molecule has 52 heavy (non-hydrogen) atoms. The zero-order valence-corrected chi connectivity index (χ0v) is 28.2. The first kappa shape index (κ1) is 28.0. The molecule has 0 aliphatic heterocycles. The lowest BCUT2D eigenvalue weighted by Gasteiger charge is -2.32. The Morgan fingerprint density at radius 3 is 1.79 bits per heavy atom. The Morgan fingerprint density at radius 2 is 1.00 bits per heavy atom. The first-order valence-corrected chi connectivity index (χ1v) is 18.1. The molecule has 1 nitrogen and oxygen atoms in total. The van der Waals surface area contributed by atoms with Crippen molar-refractivity contribution in [2.45, 2.75) is 5.41 Å². The third-order valence-corrected chi connectivity index (χ3v) is 11.9. The summed E-state index contributed by atoms with van der Waals surface area (Å²) in [4.78, 5) is 0. The van der Waals surface area contributed by atoms with Crippen molar-refractivity contribution in [1.29, 1.82) is 0 Å². The molecule has 1 spiro atoms. The highest BCUT2D eigenvalue weighted by molar-refractivity contribution is 6.19. The van der Waals surface area contributed by atoms with E-state index in [9.17, 15) is 0 Å². The van der Waals surface area contributed by atoms with Gasteiger partial charge in [-0.1, -0.05) is 158 Å². The van der Waals surface area contributed by atoms with E-state index in [1.54, 1.807) is 0 Å². The Bertz CT molecular complexity index is 3080. The van der Waals surface area contributed by atoms with Crippen LogP contribution in [0.3, 0.4) is 0 Å². The van der Waals surface area contributed by atoms with Gasteiger partial charge in [-0.05, 0) is 107 Å². The van der Waals surface area contributed by atoms with E-state index in [1.165, 1.54) is 82.9 Å². The van der Waals surface area contributed by atoms with Crippen LogP contribution in [0.1, 0.15) is 22.3 Å². The summed E-state index contributed by atoms with van der Waals surface area (Å²) in [6, 6.07) is 67.3. The fraction of sp³-hybridized carbons (Fsp3) is 0.0196. The number of benzene rings is 9. The van der Waals surface area contributed by atoms with Gasteiger partial charge in [-0.3, -0.25) is 0 Å². The minimum absolute atomic E-state index is 0.499. The maximum absolute atomic E-state index is 6.72. The smallest absolute Gasteiger partial charge is 0.143 e. The minimum atomic E-state index is -0.499. The SMILES string of the molecule is c1ccc(-c2cc(-c3cccc4oc5c6ccccc6ccc5c34)cc3c2-c2ccc4ccccc4c2C32c3ccccc3-c3ccccc32)cc1. The molecule has 0 radical (unpaired) electrons. The molecule has 2 aliphatic carbocycles. The summed E-state index contributed by atoms with van der Waals surface area (Å²) in [6.07, 6.45) is 0. The normalized spacial score (nSPS) is 13.5. The summed E-state index contributed by atoms with van der Waals surface area (Å²) in [5.41, 5.74) is 16.9. The molecule has 1 heterocycles. The van der Waals surface area contributed by atoms with Gasteiger partial charge in [-0.15, -0.1) is 0 Å². The van der Waals surface area contributed by atoms with Gasteiger partial charge in [0.2, 0.25) is 0 Å². The second-order valence-corrected chi connectivity index (χ2v) is 14.3. The Morgan fingerprint density at radius 1 is 0.365 bits per heavy atom. The van der Waals surface area contributed by atoms with E-state index in [2.05, 4.69) is 182 Å². The van der Waals surface area contributed by atoms with Crippen LogP contribution in [0.25, 0.3) is 88.0 Å². The van der Waals surface area contributed by atoms with Crippen molar-refractivity contribution in [2.24, 2.45) is 0 Å². The Labute approximate surface area is 301 Å². The van der Waals surface area contributed by atoms with Crippen molar-refractivity contribution in [3.05, 3.63) is 204 Å². The maximum Gasteiger partial charge on any atom is 0.143 e. The summed E-state index contributed by atoms with van der Waals surface area (Å²) in [5, 5.41) is 7.19. The zero-order chi connectivity index (χ0) is 34.0. The van der Waals surface area contributed by atoms with E-state index in [0.717, 1.165) is 27.3 Å². The van der Waals surface area contributed by atoms with E-state index in [0.29, 0.717) is 0 Å². The largest absolute Gasteiger partial charge is 0.455 e. The zero-order valence-electron chi connectivity index (χ0n) is 28.2. The number of hydrogen-bond acceptors (Lipinski definition) is 1. The minimum Gasteiger partial charge on any atom is -0.455 e. The monoisotopic (exact) mass is 658 g/mol. The second kappa shape index (κ2) is 10.2. The molecular formula is C51H30O. The third-order valence-electron chi connectivity index (χ3n) is 11.9. The average Bonchev–Trinajstić information content (AvgIpc) is 3.85. The molecule has 1 aromatic heterocycles. The highest BCUT2D eigenvalue weighted by Crippen LogP contribution is 2.66. The highest BCUT2D eigenvalue weighted by atomic mass is 16.3. The standard InChI is InChI=1S/C51H30O/c1-2-13-31(14-3-1)42-29-34(35-21-12-24-46-48(35)41-28-26-33-16-5-7-18-37(33)50(41)52-46)30-45-47(42)40-27-25-32-15-4-6-17-36(32)49(40)51(45)43-22-10-8-19-38(43)39-20-9-11-23-44(39)51/h1-30H. The number of furan rings is 1. The molecule has 0 fully saturated rings. The van der Waals surface area contributed by atoms with Crippen LogP contribution in [0.15, 0.2) is 186 Å². The van der Waals surface area contributed by atoms with Crippen LogP contribution in [0.4, 0.5) is 0 Å². The second-order valence-electron chi connectivity index (χ2n) is 14.3. The van der Waals surface area contributed by atoms with Crippen molar-refractivity contribution in [3.63, 3.8) is 0 Å². The van der Waals surface area contributed by atoms with Crippen LogP contribution in [-0.2, 0) is 5.41 Å². The fourth-order valence-corrected chi connectivity index (χ4v) is 9.84. The van der Waals surface area contributed by atoms with E-state index < -0.39 is 5.41 Å². The van der Waals surface area contributed by atoms with Crippen LogP contribution in [0.5, 0.6) is 0 Å². The van der Waals surface area contributed by atoms with Crippen LogP contribution >= 0.6 is 0 Å². The van der Waals surface area contributed by atoms with Gasteiger partial charge in [0.25, 0.3) is 0 Å². The molecule has 9 aromatic carbocycles. The predicted molar refractivity (Wildman–Crippen MR) is 216 cm³/mol. The fourth-order valence-electron chi connectivity index (χ4n) is 9.84. The summed E-state index contributed by atoms with van der Waals surface area (Å²) >= 11 is 0. The van der Waals surface area contributed by atoms with Crippen molar-refractivity contribution in [1.82, 2.24) is 0 Å². The van der Waals surface area contributed by atoms with Crippen LogP contribution < -0.4 is 0 Å². The molecule has 1 heteroatoms. The number of fused-ring (bicyclic) bond motifs is 17. The van der Waals surface area contributed by atoms with Gasteiger partial charge < -0.3 is 4.42 Å². The van der Waals surface area contributed by atoms with E-state index >= 15 is 0 Å². The average molecular weight is 659 g/mol. The molecule has 0 N–H and O–H groups in total. The maximum atomic E-state index is 6.72. The predicted octanol–water partition coefficient (Wildman–Crippen LogP) is 13.6. The topological polar surface area (TPSA) is 13.1 Å². The van der Waals surface area contributed by atoms with Crippen molar-refractivity contribution in [2.75, 3.05) is 0 Å². The van der Waals surface area contributed by atoms with Crippen molar-refractivity contribution < 1.29 is 4.42 Å². The van der Waals surface area contributed by atoms with Gasteiger partial charge in [0, 0.05) is 16.2 Å². The van der Waals surface area contributed by atoms with Gasteiger partial charge in [0.1, 0.15) is 11.2 Å². The Balaban J connectivity index is 1.27. The number of hydrogen-bond donors (Lipinski definition) is 0. The quantitative estimate of drug-likeness (QED) is 0.180. The summed E-state index contributed by atoms with van der Waals surface area (Å²) < 4.78 is 6.72. The molecule has 0 saturated carbocycles. The molecule has 0 unspecified atom stereocenters. The molecule has 10 aromatic rings. The van der Waals surface area contributed by atoms with E-state index in [4.69, 9.17) is 4.42 Å². The molecule has 12 rings (SSSR count). The Kier molecular flexibility index (Phi) is 5.49. The van der Waals surface area contributed by atoms with Crippen molar-refractivity contribution >= 4 is 43.5 Å². The molecule has 0 saturated heterocycles. The molecule has 2 aliphatic rings. The third kappa shape index (κ3) is 3.48. The highest BCUT2D eigenvalue weighted by Gasteiger charge is 2.53. The van der Waals surface area contributed by atoms with Gasteiger partial charge in [-0.25, -0.2) is 0 Å². The molecule has 0 bridgehead atoms.